The molecule has 0 aliphatic heterocycles. The Labute approximate surface area is 288 Å². The molecular weight excluding hydrogens is 595 g/mol. The first-order chi connectivity index (χ1) is 22.5. The minimum absolute atomic E-state index is 0.0394. The molecule has 5 N–H and O–H groups in total. The van der Waals surface area contributed by atoms with E-state index in [1.165, 1.54) is 128 Å². The quantitative estimate of drug-likeness (QED) is 0.0503. The van der Waals surface area contributed by atoms with Gasteiger partial charge in [0.1, 0.15) is 0 Å². The molecule has 0 aromatic carbocycles. The lowest BCUT2D eigenvalue weighted by Gasteiger charge is -2.21. The number of carbonyl (C=O) groups is 2. The van der Waals surface area contributed by atoms with Crippen LogP contribution in [0.4, 0.5) is 0 Å². The minimum Gasteiger partial charge on any atom is -0.394 e. The fourth-order valence-electron chi connectivity index (χ4n) is 5.89. The summed E-state index contributed by atoms with van der Waals surface area (Å²) < 4.78 is 6.03. The summed E-state index contributed by atoms with van der Waals surface area (Å²) in [5.41, 5.74) is 5.69. The van der Waals surface area contributed by atoms with Gasteiger partial charge in [-0.3, -0.25) is 9.59 Å². The second-order valence-electron chi connectivity index (χ2n) is 14.1. The second kappa shape index (κ2) is 30.2. The number of ether oxygens (including phenoxy) is 1. The van der Waals surface area contributed by atoms with Crippen LogP contribution >= 0.6 is 11.8 Å². The zero-order valence-corrected chi connectivity index (χ0v) is 31.0. The van der Waals surface area contributed by atoms with Gasteiger partial charge in [0.2, 0.25) is 11.8 Å². The summed E-state index contributed by atoms with van der Waals surface area (Å²) in [5, 5.41) is 15.6. The number of carbonyl (C=O) groups excluding carboxylic acids is 2. The Bertz CT molecular complexity index is 722. The number of nitrogens with two attached hydrogens (primary N) is 1. The first kappa shape index (κ1) is 43.2. The molecule has 0 aromatic heterocycles. The Morgan fingerprint density at radius 1 is 0.717 bits per heavy atom. The summed E-state index contributed by atoms with van der Waals surface area (Å²) >= 11 is 1.58. The second-order valence-corrected chi connectivity index (χ2v) is 15.2. The molecule has 46 heavy (non-hydrogen) atoms. The summed E-state index contributed by atoms with van der Waals surface area (Å²) in [6, 6.07) is -0.728. The van der Waals surface area contributed by atoms with Crippen molar-refractivity contribution >= 4 is 23.6 Å². The van der Waals surface area contributed by atoms with E-state index in [0.717, 1.165) is 38.7 Å². The molecule has 272 valence electrons. The van der Waals surface area contributed by atoms with Crippen molar-refractivity contribution in [1.82, 2.24) is 10.6 Å². The van der Waals surface area contributed by atoms with Crippen LogP contribution in [0.5, 0.6) is 0 Å². The number of rotatable bonds is 35. The SMILES string of the molecule is CCCCCCCCCCCCCCCCOCC(CSCC(N)C(=O)NC1(CO)CC1)NC(=O)CCCCCCCCCCC. The van der Waals surface area contributed by atoms with Crippen molar-refractivity contribution in [3.8, 4) is 0 Å². The first-order valence-electron chi connectivity index (χ1n) is 19.6. The maximum Gasteiger partial charge on any atom is 0.238 e. The Hall–Kier alpha value is -0.830. The van der Waals surface area contributed by atoms with E-state index in [1.54, 1.807) is 11.8 Å². The van der Waals surface area contributed by atoms with Gasteiger partial charge < -0.3 is 26.2 Å². The summed E-state index contributed by atoms with van der Waals surface area (Å²) in [4.78, 5) is 25.2. The summed E-state index contributed by atoms with van der Waals surface area (Å²) in [5.74, 6) is 1.01. The molecule has 0 spiro atoms. The van der Waals surface area contributed by atoms with E-state index in [9.17, 15) is 14.7 Å². The molecule has 1 aliphatic carbocycles. The topological polar surface area (TPSA) is 114 Å². The van der Waals surface area contributed by atoms with E-state index in [-0.39, 0.29) is 24.5 Å². The molecule has 0 bridgehead atoms. The summed E-state index contributed by atoms with van der Waals surface area (Å²) in [6.45, 7) is 5.70. The third-order valence-electron chi connectivity index (χ3n) is 9.33. The average Bonchev–Trinajstić information content (AvgIpc) is 3.83. The van der Waals surface area contributed by atoms with Crippen LogP contribution in [0.15, 0.2) is 0 Å². The molecule has 0 aromatic rings. The normalized spacial score (nSPS) is 15.0. The Morgan fingerprint density at radius 3 is 1.63 bits per heavy atom. The molecule has 0 saturated heterocycles. The van der Waals surface area contributed by atoms with Crippen molar-refractivity contribution < 1.29 is 19.4 Å². The third kappa shape index (κ3) is 25.2. The predicted molar refractivity (Wildman–Crippen MR) is 197 cm³/mol. The van der Waals surface area contributed by atoms with Gasteiger partial charge in [0.05, 0.1) is 30.8 Å². The van der Waals surface area contributed by atoms with Gasteiger partial charge in [-0.15, -0.1) is 0 Å². The van der Waals surface area contributed by atoms with Crippen molar-refractivity contribution in [3.63, 3.8) is 0 Å². The van der Waals surface area contributed by atoms with Crippen LogP contribution in [0.25, 0.3) is 0 Å². The van der Waals surface area contributed by atoms with E-state index in [2.05, 4.69) is 24.5 Å². The van der Waals surface area contributed by atoms with E-state index >= 15 is 0 Å². The van der Waals surface area contributed by atoms with Gasteiger partial charge in [-0.1, -0.05) is 149 Å². The molecular formula is C38H75N3O4S. The summed E-state index contributed by atoms with van der Waals surface area (Å²) in [6.07, 6.45) is 32.0. The molecule has 0 radical (unpaired) electrons. The highest BCUT2D eigenvalue weighted by Crippen LogP contribution is 2.34. The lowest BCUT2D eigenvalue weighted by Crippen LogP contribution is -2.49. The fraction of sp³-hybridized carbons (Fsp3) is 0.947. The van der Waals surface area contributed by atoms with Crippen molar-refractivity contribution in [2.24, 2.45) is 5.73 Å². The van der Waals surface area contributed by atoms with Crippen molar-refractivity contribution in [2.75, 3.05) is 31.3 Å². The van der Waals surface area contributed by atoms with Crippen LogP contribution < -0.4 is 16.4 Å². The van der Waals surface area contributed by atoms with Crippen LogP contribution in [0.3, 0.4) is 0 Å². The molecule has 0 heterocycles. The van der Waals surface area contributed by atoms with Gasteiger partial charge in [0.15, 0.2) is 0 Å². The lowest BCUT2D eigenvalue weighted by molar-refractivity contribution is -0.123. The monoisotopic (exact) mass is 670 g/mol. The third-order valence-corrected chi connectivity index (χ3v) is 10.6. The smallest absolute Gasteiger partial charge is 0.238 e. The van der Waals surface area contributed by atoms with Crippen LogP contribution in [0, 0.1) is 0 Å². The number of unbranched alkanes of at least 4 members (excludes halogenated alkanes) is 21. The van der Waals surface area contributed by atoms with E-state index in [1.807, 2.05) is 0 Å². The molecule has 1 fully saturated rings. The molecule has 2 unspecified atom stereocenters. The van der Waals surface area contributed by atoms with Crippen LogP contribution in [0.2, 0.25) is 0 Å². The zero-order chi connectivity index (χ0) is 33.6. The number of hydrogen-bond donors (Lipinski definition) is 4. The number of aliphatic hydroxyl groups excluding tert-OH is 1. The van der Waals surface area contributed by atoms with Crippen LogP contribution in [0.1, 0.15) is 181 Å². The van der Waals surface area contributed by atoms with Crippen molar-refractivity contribution in [3.05, 3.63) is 0 Å². The molecule has 1 saturated carbocycles. The van der Waals surface area contributed by atoms with E-state index < -0.39 is 11.6 Å². The Kier molecular flexibility index (Phi) is 28.4. The first-order valence-corrected chi connectivity index (χ1v) is 20.7. The van der Waals surface area contributed by atoms with Gasteiger partial charge in [0.25, 0.3) is 0 Å². The molecule has 7 nitrogen and oxygen atoms in total. The number of amides is 2. The maximum absolute atomic E-state index is 12.7. The highest BCUT2D eigenvalue weighted by atomic mass is 32.2. The van der Waals surface area contributed by atoms with Gasteiger partial charge in [-0.25, -0.2) is 0 Å². The van der Waals surface area contributed by atoms with Gasteiger partial charge >= 0.3 is 0 Å². The lowest BCUT2D eigenvalue weighted by atomic mass is 10.0. The van der Waals surface area contributed by atoms with Gasteiger partial charge in [-0.05, 0) is 25.7 Å². The molecule has 2 atom stereocenters. The molecule has 1 aliphatic rings. The average molecular weight is 670 g/mol. The minimum atomic E-state index is -0.635. The maximum atomic E-state index is 12.7. The number of thioether (sulfide) groups is 1. The number of aliphatic hydroxyl groups is 1. The highest BCUT2D eigenvalue weighted by Gasteiger charge is 2.44. The number of nitrogens with one attached hydrogen (secondary N) is 2. The predicted octanol–water partition coefficient (Wildman–Crippen LogP) is 8.59. The largest absolute Gasteiger partial charge is 0.394 e. The van der Waals surface area contributed by atoms with E-state index in [4.69, 9.17) is 10.5 Å². The highest BCUT2D eigenvalue weighted by molar-refractivity contribution is 7.99. The van der Waals surface area contributed by atoms with Crippen LogP contribution in [-0.4, -0.2) is 65.9 Å². The zero-order valence-electron chi connectivity index (χ0n) is 30.2. The molecule has 8 heteroatoms. The molecule has 2 amide bonds. The Morgan fingerprint density at radius 2 is 1.17 bits per heavy atom. The number of hydrogen-bond acceptors (Lipinski definition) is 6. The molecule has 1 rings (SSSR count). The van der Waals surface area contributed by atoms with Crippen LogP contribution in [-0.2, 0) is 14.3 Å². The fourth-order valence-corrected chi connectivity index (χ4v) is 6.90. The van der Waals surface area contributed by atoms with Gasteiger partial charge in [0, 0.05) is 24.5 Å². The van der Waals surface area contributed by atoms with Gasteiger partial charge in [-0.2, -0.15) is 11.8 Å². The van der Waals surface area contributed by atoms with Crippen molar-refractivity contribution in [1.29, 1.82) is 0 Å². The Balaban J connectivity index is 2.22. The summed E-state index contributed by atoms with van der Waals surface area (Å²) in [7, 11) is 0. The van der Waals surface area contributed by atoms with Crippen molar-refractivity contribution in [2.45, 2.75) is 198 Å². The van der Waals surface area contributed by atoms with E-state index in [0.29, 0.717) is 24.5 Å². The standard InChI is InChI=1S/C38H75N3O4S/c1-3-5-7-9-11-13-14-15-16-17-19-21-23-25-29-45-30-34(31-46-32-35(39)37(44)41-38(33-42)27-28-38)40-36(43)26-24-22-20-18-12-10-8-6-4-2/h34-35,42H,3-33,39H2,1-2H3,(H,40,43)(H,41,44).